The van der Waals surface area contributed by atoms with Crippen molar-refractivity contribution in [3.8, 4) is 22.9 Å². The van der Waals surface area contributed by atoms with Crippen molar-refractivity contribution in [1.29, 1.82) is 0 Å². The van der Waals surface area contributed by atoms with Crippen molar-refractivity contribution in [3.05, 3.63) is 42.5 Å². The van der Waals surface area contributed by atoms with Crippen LogP contribution in [0.2, 0.25) is 0 Å². The van der Waals surface area contributed by atoms with Crippen molar-refractivity contribution in [3.63, 3.8) is 0 Å². The average Bonchev–Trinajstić information content (AvgIpc) is 2.78. The number of halogens is 1. The zero-order valence-corrected chi connectivity index (χ0v) is 13.9. The van der Waals surface area contributed by atoms with Gasteiger partial charge in [-0.1, -0.05) is 18.2 Å². The van der Waals surface area contributed by atoms with Gasteiger partial charge < -0.3 is 21.9 Å². The van der Waals surface area contributed by atoms with Gasteiger partial charge in [0.15, 0.2) is 22.5 Å². The molecule has 116 valence electrons. The molecule has 0 radical (unpaired) electrons. The lowest BCUT2D eigenvalue weighted by atomic mass is 10.1. The van der Waals surface area contributed by atoms with Crippen molar-refractivity contribution in [2.24, 2.45) is 14.1 Å². The number of benzene rings is 2. The van der Waals surface area contributed by atoms with Crippen LogP contribution in [0.15, 0.2) is 42.5 Å². The summed E-state index contributed by atoms with van der Waals surface area (Å²) in [5.41, 5.74) is 3.37. The summed E-state index contributed by atoms with van der Waals surface area (Å²) in [6.45, 7) is 0. The molecule has 5 heteroatoms. The zero-order valence-electron chi connectivity index (χ0n) is 13.1. The molecule has 0 saturated heterocycles. The lowest BCUT2D eigenvalue weighted by Gasteiger charge is -2.10. The van der Waals surface area contributed by atoms with Gasteiger partial charge >= 0.3 is 0 Å². The Hall–Kier alpha value is -2.20. The van der Waals surface area contributed by atoms with Crippen LogP contribution < -0.4 is 26.4 Å². The number of imidazole rings is 1. The molecule has 4 nitrogen and oxygen atoms in total. The van der Waals surface area contributed by atoms with Gasteiger partial charge in [-0.25, -0.2) is 9.13 Å². The van der Waals surface area contributed by atoms with Gasteiger partial charge in [-0.05, 0) is 24.3 Å². The summed E-state index contributed by atoms with van der Waals surface area (Å²) < 4.78 is 15.3. The molecule has 0 unspecified atom stereocenters. The van der Waals surface area contributed by atoms with Crippen molar-refractivity contribution in [1.82, 2.24) is 4.57 Å². The van der Waals surface area contributed by atoms with E-state index in [0.717, 1.165) is 22.9 Å². The summed E-state index contributed by atoms with van der Waals surface area (Å²) in [5.74, 6) is 2.56. The van der Waals surface area contributed by atoms with Crippen LogP contribution in [0.5, 0.6) is 11.5 Å². The molecule has 0 fully saturated rings. The minimum atomic E-state index is 0. The van der Waals surface area contributed by atoms with E-state index in [0.29, 0.717) is 0 Å². The second-order valence-electron chi connectivity index (χ2n) is 4.97. The first kappa shape index (κ1) is 16.2. The van der Waals surface area contributed by atoms with Crippen molar-refractivity contribution in [2.45, 2.75) is 0 Å². The Balaban J connectivity index is 0.00000176. The van der Waals surface area contributed by atoms with E-state index in [9.17, 15) is 0 Å². The standard InChI is InChI=1S/C17H19N2O2.ClH/c1-18-13-9-5-6-10-14(13)19(2)17(18)12-8-7-11-15(20-3)16(12)21-4;/h5-11H,1-4H3;1H/q+1;/p-1. The van der Waals surface area contributed by atoms with Crippen molar-refractivity contribution < 1.29 is 26.4 Å². The molecule has 1 aromatic heterocycles. The van der Waals surface area contributed by atoms with Gasteiger partial charge in [0, 0.05) is 0 Å². The van der Waals surface area contributed by atoms with Crippen LogP contribution in [0.3, 0.4) is 0 Å². The van der Waals surface area contributed by atoms with Gasteiger partial charge in [0.25, 0.3) is 5.82 Å². The summed E-state index contributed by atoms with van der Waals surface area (Å²) in [6.07, 6.45) is 0. The fourth-order valence-electron chi connectivity index (χ4n) is 2.91. The highest BCUT2D eigenvalue weighted by Gasteiger charge is 2.25. The smallest absolute Gasteiger partial charge is 0.293 e. The fraction of sp³-hybridized carbons (Fsp3) is 0.235. The number of hydrogen-bond donors (Lipinski definition) is 0. The van der Waals surface area contributed by atoms with E-state index < -0.39 is 0 Å². The van der Waals surface area contributed by atoms with Gasteiger partial charge in [0.2, 0.25) is 0 Å². The molecular weight excluding hydrogens is 300 g/mol. The Morgan fingerprint density at radius 1 is 0.955 bits per heavy atom. The van der Waals surface area contributed by atoms with Crippen LogP contribution in [0, 0.1) is 0 Å². The number of rotatable bonds is 3. The third-order valence-electron chi connectivity index (χ3n) is 3.88. The third kappa shape index (κ3) is 2.29. The Labute approximate surface area is 136 Å². The zero-order chi connectivity index (χ0) is 15.0. The second-order valence-corrected chi connectivity index (χ2v) is 4.97. The maximum absolute atomic E-state index is 5.58. The molecule has 2 aromatic carbocycles. The van der Waals surface area contributed by atoms with E-state index in [2.05, 4.69) is 53.6 Å². The van der Waals surface area contributed by atoms with Gasteiger partial charge in [-0.15, -0.1) is 0 Å². The highest BCUT2D eigenvalue weighted by atomic mass is 35.5. The van der Waals surface area contributed by atoms with E-state index in [-0.39, 0.29) is 12.4 Å². The quantitative estimate of drug-likeness (QED) is 0.620. The first-order valence-corrected chi connectivity index (χ1v) is 6.83. The van der Waals surface area contributed by atoms with Gasteiger partial charge in [0.05, 0.1) is 28.3 Å². The van der Waals surface area contributed by atoms with Crippen molar-refractivity contribution >= 4 is 11.0 Å². The van der Waals surface area contributed by atoms with E-state index in [1.807, 2.05) is 12.1 Å². The monoisotopic (exact) mass is 318 g/mol. The molecule has 0 atom stereocenters. The maximum Gasteiger partial charge on any atom is 0.293 e. The molecule has 0 aliphatic carbocycles. The molecule has 0 saturated carbocycles. The SMILES string of the molecule is COc1cccc(-c2n(C)c3ccccc3[n+]2C)c1OC.[Cl-]. The Morgan fingerprint density at radius 2 is 1.68 bits per heavy atom. The van der Waals surface area contributed by atoms with Crippen LogP contribution >= 0.6 is 0 Å². The first-order chi connectivity index (χ1) is 10.2. The average molecular weight is 319 g/mol. The summed E-state index contributed by atoms with van der Waals surface area (Å²) in [5, 5.41) is 0. The molecule has 0 aliphatic rings. The molecule has 0 aliphatic heterocycles. The van der Waals surface area contributed by atoms with E-state index in [1.54, 1.807) is 14.2 Å². The molecule has 0 amide bonds. The van der Waals surface area contributed by atoms with E-state index in [4.69, 9.17) is 9.47 Å². The molecule has 3 rings (SSSR count). The summed E-state index contributed by atoms with van der Waals surface area (Å²) in [6, 6.07) is 14.3. The molecular formula is C17H19ClN2O2. The van der Waals surface area contributed by atoms with Crippen LogP contribution in [0.1, 0.15) is 0 Å². The summed E-state index contributed by atoms with van der Waals surface area (Å²) in [4.78, 5) is 0. The highest BCUT2D eigenvalue weighted by Crippen LogP contribution is 2.37. The number of methoxy groups -OCH3 is 2. The second kappa shape index (κ2) is 6.28. The largest absolute Gasteiger partial charge is 1.00 e. The van der Waals surface area contributed by atoms with Crippen LogP contribution in [0.25, 0.3) is 22.4 Å². The van der Waals surface area contributed by atoms with Gasteiger partial charge in [0.1, 0.15) is 5.56 Å². The predicted octanol–water partition coefficient (Wildman–Crippen LogP) is -0.309. The third-order valence-corrected chi connectivity index (χ3v) is 3.88. The Morgan fingerprint density at radius 3 is 2.32 bits per heavy atom. The topological polar surface area (TPSA) is 27.3 Å². The lowest BCUT2D eigenvalue weighted by Crippen LogP contribution is -3.00. The van der Waals surface area contributed by atoms with E-state index in [1.165, 1.54) is 11.0 Å². The van der Waals surface area contributed by atoms with Crippen LogP contribution in [-0.4, -0.2) is 18.8 Å². The Kier molecular flexibility index (Phi) is 4.62. The minimum Gasteiger partial charge on any atom is -1.00 e. The number of para-hydroxylation sites is 3. The molecule has 22 heavy (non-hydrogen) atoms. The molecule has 0 N–H and O–H groups in total. The summed E-state index contributed by atoms with van der Waals surface area (Å²) in [7, 11) is 7.46. The number of aryl methyl sites for hydroxylation is 2. The molecule has 0 bridgehead atoms. The molecule has 0 spiro atoms. The van der Waals surface area contributed by atoms with Crippen molar-refractivity contribution in [2.75, 3.05) is 14.2 Å². The summed E-state index contributed by atoms with van der Waals surface area (Å²) >= 11 is 0. The van der Waals surface area contributed by atoms with Gasteiger partial charge in [-0.2, -0.15) is 0 Å². The maximum atomic E-state index is 5.58. The molecule has 3 aromatic rings. The Bertz CT molecular complexity index is 773. The van der Waals surface area contributed by atoms with Gasteiger partial charge in [-0.3, -0.25) is 0 Å². The van der Waals surface area contributed by atoms with Crippen LogP contribution in [-0.2, 0) is 14.1 Å². The number of aromatic nitrogens is 2. The lowest BCUT2D eigenvalue weighted by molar-refractivity contribution is -0.634. The predicted molar refractivity (Wildman–Crippen MR) is 82.6 cm³/mol. The number of ether oxygens (including phenoxy) is 2. The fourth-order valence-corrected chi connectivity index (χ4v) is 2.91. The first-order valence-electron chi connectivity index (χ1n) is 6.83. The minimum absolute atomic E-state index is 0. The van der Waals surface area contributed by atoms with Crippen LogP contribution in [0.4, 0.5) is 0 Å². The normalized spacial score (nSPS) is 10.4. The number of fused-ring (bicyclic) bond motifs is 1. The van der Waals surface area contributed by atoms with E-state index >= 15 is 0 Å². The highest BCUT2D eigenvalue weighted by molar-refractivity contribution is 5.78. The number of hydrogen-bond acceptors (Lipinski definition) is 2. The number of nitrogens with zero attached hydrogens (tertiary/aromatic N) is 2. The molecule has 1 heterocycles.